The molecule has 17 heavy (non-hydrogen) atoms. The molecule has 0 aliphatic heterocycles. The lowest BCUT2D eigenvalue weighted by atomic mass is 10.3. The van der Waals surface area contributed by atoms with E-state index < -0.39 is 0 Å². The summed E-state index contributed by atoms with van der Waals surface area (Å²) in [6.07, 6.45) is 3.22. The number of anilines is 2. The van der Waals surface area contributed by atoms with Gasteiger partial charge in [-0.15, -0.1) is 0 Å². The van der Waals surface area contributed by atoms with Crippen LogP contribution in [-0.2, 0) is 0 Å². The summed E-state index contributed by atoms with van der Waals surface area (Å²) in [5, 5.41) is 0. The monoisotopic (exact) mass is 229 g/mol. The molecule has 0 fully saturated rings. The van der Waals surface area contributed by atoms with Crippen LogP contribution in [0.5, 0.6) is 11.5 Å². The van der Waals surface area contributed by atoms with Crippen molar-refractivity contribution in [1.82, 2.24) is 4.98 Å². The molecule has 0 aliphatic rings. The zero-order valence-corrected chi connectivity index (χ0v) is 9.92. The van der Waals surface area contributed by atoms with E-state index in [1.54, 1.807) is 18.5 Å². The molecule has 1 aromatic heterocycles. The summed E-state index contributed by atoms with van der Waals surface area (Å²) in [7, 11) is 3.97. The first-order valence-electron chi connectivity index (χ1n) is 5.31. The number of rotatable bonds is 3. The Morgan fingerprint density at radius 1 is 1.12 bits per heavy atom. The number of nitrogens with zero attached hydrogens (tertiary/aromatic N) is 2. The van der Waals surface area contributed by atoms with Crippen molar-refractivity contribution in [2.45, 2.75) is 0 Å². The minimum atomic E-state index is 0.589. The quantitative estimate of drug-likeness (QED) is 0.878. The number of ether oxygens (including phenoxy) is 1. The highest BCUT2D eigenvalue weighted by Gasteiger charge is 2.01. The Bertz CT molecular complexity index is 512. The molecule has 1 heterocycles. The van der Waals surface area contributed by atoms with E-state index in [2.05, 4.69) is 4.98 Å². The third-order valence-corrected chi connectivity index (χ3v) is 2.30. The van der Waals surface area contributed by atoms with Gasteiger partial charge in [-0.3, -0.25) is 4.98 Å². The fourth-order valence-corrected chi connectivity index (χ4v) is 1.45. The van der Waals surface area contributed by atoms with Crippen LogP contribution < -0.4 is 15.4 Å². The summed E-state index contributed by atoms with van der Waals surface area (Å²) in [5.74, 6) is 1.41. The number of nitrogen functional groups attached to an aromatic ring is 1. The number of hydrogen-bond acceptors (Lipinski definition) is 4. The van der Waals surface area contributed by atoms with Gasteiger partial charge in [-0.1, -0.05) is 6.07 Å². The van der Waals surface area contributed by atoms with E-state index in [0.717, 1.165) is 11.4 Å². The van der Waals surface area contributed by atoms with Gasteiger partial charge in [0.2, 0.25) is 0 Å². The summed E-state index contributed by atoms with van der Waals surface area (Å²) < 4.78 is 5.68. The Hall–Kier alpha value is -2.23. The van der Waals surface area contributed by atoms with Gasteiger partial charge in [0, 0.05) is 31.9 Å². The SMILES string of the molecule is CN(C)c1cccc(Oc2cncc(N)c2)c1. The summed E-state index contributed by atoms with van der Waals surface area (Å²) in [6, 6.07) is 9.57. The summed E-state index contributed by atoms with van der Waals surface area (Å²) in [6.45, 7) is 0. The molecule has 88 valence electrons. The van der Waals surface area contributed by atoms with Gasteiger partial charge in [-0.05, 0) is 12.1 Å². The van der Waals surface area contributed by atoms with E-state index >= 15 is 0 Å². The Kier molecular flexibility index (Phi) is 3.14. The number of nitrogens with two attached hydrogens (primary N) is 1. The molecular weight excluding hydrogens is 214 g/mol. The molecule has 0 atom stereocenters. The topological polar surface area (TPSA) is 51.4 Å². The van der Waals surface area contributed by atoms with Crippen molar-refractivity contribution in [1.29, 1.82) is 0 Å². The second kappa shape index (κ2) is 4.74. The predicted molar refractivity (Wildman–Crippen MR) is 69.5 cm³/mol. The minimum absolute atomic E-state index is 0.589. The molecule has 0 saturated carbocycles. The van der Waals surface area contributed by atoms with E-state index in [4.69, 9.17) is 10.5 Å². The van der Waals surface area contributed by atoms with Gasteiger partial charge in [0.25, 0.3) is 0 Å². The predicted octanol–water partition coefficient (Wildman–Crippen LogP) is 2.52. The fourth-order valence-electron chi connectivity index (χ4n) is 1.45. The van der Waals surface area contributed by atoms with Gasteiger partial charge < -0.3 is 15.4 Å². The third-order valence-electron chi connectivity index (χ3n) is 2.30. The summed E-state index contributed by atoms with van der Waals surface area (Å²) in [5.41, 5.74) is 7.31. The largest absolute Gasteiger partial charge is 0.456 e. The van der Waals surface area contributed by atoms with Gasteiger partial charge in [-0.25, -0.2) is 0 Å². The number of benzene rings is 1. The lowest BCUT2D eigenvalue weighted by Crippen LogP contribution is -2.08. The Morgan fingerprint density at radius 2 is 1.94 bits per heavy atom. The highest BCUT2D eigenvalue weighted by atomic mass is 16.5. The zero-order chi connectivity index (χ0) is 12.3. The van der Waals surface area contributed by atoms with Crippen molar-refractivity contribution in [3.05, 3.63) is 42.7 Å². The second-order valence-electron chi connectivity index (χ2n) is 3.95. The average Bonchev–Trinajstić information content (AvgIpc) is 2.29. The lowest BCUT2D eigenvalue weighted by molar-refractivity contribution is 0.480. The number of hydrogen-bond donors (Lipinski definition) is 1. The first-order valence-corrected chi connectivity index (χ1v) is 5.31. The van der Waals surface area contributed by atoms with Gasteiger partial charge >= 0.3 is 0 Å². The van der Waals surface area contributed by atoms with Crippen molar-refractivity contribution in [3.63, 3.8) is 0 Å². The Balaban J connectivity index is 2.21. The molecule has 0 unspecified atom stereocenters. The molecule has 1 aromatic carbocycles. The first-order chi connectivity index (χ1) is 8.15. The van der Waals surface area contributed by atoms with E-state index in [1.807, 2.05) is 43.3 Å². The molecular formula is C13H15N3O. The second-order valence-corrected chi connectivity index (χ2v) is 3.95. The maximum absolute atomic E-state index is 5.68. The van der Waals surface area contributed by atoms with Crippen molar-refractivity contribution in [2.24, 2.45) is 0 Å². The molecule has 0 radical (unpaired) electrons. The number of pyridine rings is 1. The Morgan fingerprint density at radius 3 is 2.65 bits per heavy atom. The van der Waals surface area contributed by atoms with E-state index in [1.165, 1.54) is 0 Å². The van der Waals surface area contributed by atoms with Crippen LogP contribution in [0.4, 0.5) is 11.4 Å². The van der Waals surface area contributed by atoms with Crippen LogP contribution >= 0.6 is 0 Å². The number of aromatic nitrogens is 1. The fraction of sp³-hybridized carbons (Fsp3) is 0.154. The van der Waals surface area contributed by atoms with Crippen LogP contribution in [0.1, 0.15) is 0 Å². The highest BCUT2D eigenvalue weighted by Crippen LogP contribution is 2.25. The van der Waals surface area contributed by atoms with Crippen LogP contribution in [0.3, 0.4) is 0 Å². The summed E-state index contributed by atoms with van der Waals surface area (Å²) in [4.78, 5) is 6.00. The maximum Gasteiger partial charge on any atom is 0.147 e. The van der Waals surface area contributed by atoms with Gasteiger partial charge in [0.05, 0.1) is 18.1 Å². The molecule has 2 rings (SSSR count). The first kappa shape index (κ1) is 11.3. The molecule has 2 aromatic rings. The van der Waals surface area contributed by atoms with Crippen LogP contribution in [0.15, 0.2) is 42.7 Å². The van der Waals surface area contributed by atoms with E-state index in [-0.39, 0.29) is 0 Å². The molecule has 0 amide bonds. The standard InChI is InChI=1S/C13H15N3O/c1-16(2)11-4-3-5-12(7-11)17-13-6-10(14)8-15-9-13/h3-9H,14H2,1-2H3. The van der Waals surface area contributed by atoms with Crippen LogP contribution in [0, 0.1) is 0 Å². The molecule has 0 aliphatic carbocycles. The molecule has 0 saturated heterocycles. The van der Waals surface area contributed by atoms with Gasteiger partial charge in [-0.2, -0.15) is 0 Å². The lowest BCUT2D eigenvalue weighted by Gasteiger charge is -2.13. The minimum Gasteiger partial charge on any atom is -0.456 e. The van der Waals surface area contributed by atoms with Crippen molar-refractivity contribution in [2.75, 3.05) is 24.7 Å². The van der Waals surface area contributed by atoms with Crippen molar-refractivity contribution < 1.29 is 4.74 Å². The molecule has 2 N–H and O–H groups in total. The normalized spacial score (nSPS) is 10.0. The molecule has 4 nitrogen and oxygen atoms in total. The average molecular weight is 229 g/mol. The van der Waals surface area contributed by atoms with Crippen molar-refractivity contribution in [3.8, 4) is 11.5 Å². The van der Waals surface area contributed by atoms with E-state index in [0.29, 0.717) is 11.4 Å². The molecule has 0 spiro atoms. The van der Waals surface area contributed by atoms with Crippen LogP contribution in [-0.4, -0.2) is 19.1 Å². The molecule has 0 bridgehead atoms. The smallest absolute Gasteiger partial charge is 0.147 e. The van der Waals surface area contributed by atoms with E-state index in [9.17, 15) is 0 Å². The summed E-state index contributed by atoms with van der Waals surface area (Å²) >= 11 is 0. The van der Waals surface area contributed by atoms with Crippen molar-refractivity contribution >= 4 is 11.4 Å². The Labute approximate surface area is 101 Å². The van der Waals surface area contributed by atoms with Gasteiger partial charge in [0.1, 0.15) is 11.5 Å². The van der Waals surface area contributed by atoms with Crippen LogP contribution in [0.25, 0.3) is 0 Å². The highest BCUT2D eigenvalue weighted by molar-refractivity contribution is 5.50. The molecule has 4 heteroatoms. The maximum atomic E-state index is 5.68. The third kappa shape index (κ3) is 2.87. The zero-order valence-electron chi connectivity index (χ0n) is 9.92. The van der Waals surface area contributed by atoms with Gasteiger partial charge in [0.15, 0.2) is 0 Å². The van der Waals surface area contributed by atoms with Crippen LogP contribution in [0.2, 0.25) is 0 Å².